The van der Waals surface area contributed by atoms with E-state index in [0.29, 0.717) is 13.0 Å². The lowest BCUT2D eigenvalue weighted by Crippen LogP contribution is -1.90. The van der Waals surface area contributed by atoms with E-state index in [9.17, 15) is 0 Å². The van der Waals surface area contributed by atoms with E-state index in [1.807, 2.05) is 0 Å². The van der Waals surface area contributed by atoms with Crippen molar-refractivity contribution in [1.29, 1.82) is 0 Å². The van der Waals surface area contributed by atoms with Gasteiger partial charge in [-0.05, 0) is 6.08 Å². The van der Waals surface area contributed by atoms with Gasteiger partial charge >= 0.3 is 0 Å². The number of ether oxygens (including phenoxy) is 1. The Kier molecular flexibility index (Phi) is 6.63. The van der Waals surface area contributed by atoms with E-state index >= 15 is 0 Å². The lowest BCUT2D eigenvalue weighted by molar-refractivity contribution is 0.199. The van der Waals surface area contributed by atoms with E-state index in [4.69, 9.17) is 9.84 Å². The molecule has 0 atom stereocenters. The average Bonchev–Trinajstić information content (AvgIpc) is 1.89. The molecule has 2 nitrogen and oxygen atoms in total. The molecular weight excluding hydrogens is 116 g/mol. The van der Waals surface area contributed by atoms with Crippen LogP contribution in [-0.4, -0.2) is 18.3 Å². The molecule has 0 radical (unpaired) electrons. The van der Waals surface area contributed by atoms with Gasteiger partial charge in [0.15, 0.2) is 0 Å². The molecular formula is C7H12O2. The summed E-state index contributed by atoms with van der Waals surface area (Å²) in [6.07, 6.45) is 5.58. The van der Waals surface area contributed by atoms with Crippen molar-refractivity contribution in [3.63, 3.8) is 0 Å². The molecule has 0 aliphatic carbocycles. The Hall–Kier alpha value is -0.760. The predicted molar refractivity (Wildman–Crippen MR) is 37.0 cm³/mol. The van der Waals surface area contributed by atoms with Crippen molar-refractivity contribution < 1.29 is 9.84 Å². The third-order valence-corrected chi connectivity index (χ3v) is 0.731. The molecule has 2 heteroatoms. The van der Waals surface area contributed by atoms with Gasteiger partial charge in [0.05, 0.1) is 12.9 Å². The van der Waals surface area contributed by atoms with Crippen molar-refractivity contribution in [2.75, 3.05) is 13.2 Å². The van der Waals surface area contributed by atoms with E-state index in [2.05, 4.69) is 6.58 Å². The fraction of sp³-hybridized carbons (Fsp3) is 0.429. The Balaban J connectivity index is 2.90. The maximum absolute atomic E-state index is 8.30. The van der Waals surface area contributed by atoms with E-state index in [1.54, 1.807) is 18.4 Å². The van der Waals surface area contributed by atoms with E-state index in [0.717, 1.165) is 0 Å². The van der Waals surface area contributed by atoms with Crippen LogP contribution in [-0.2, 0) is 4.74 Å². The van der Waals surface area contributed by atoms with Gasteiger partial charge in [0.25, 0.3) is 0 Å². The molecule has 0 heterocycles. The molecule has 9 heavy (non-hydrogen) atoms. The predicted octanol–water partition coefficient (Wildman–Crippen LogP) is 1.09. The molecule has 0 bridgehead atoms. The van der Waals surface area contributed by atoms with Crippen LogP contribution in [0.2, 0.25) is 0 Å². The number of hydrogen-bond donors (Lipinski definition) is 1. The second-order valence-electron chi connectivity index (χ2n) is 1.51. The van der Waals surface area contributed by atoms with Crippen LogP contribution in [0.15, 0.2) is 25.0 Å². The number of allylic oxidation sites excluding steroid dienone is 2. The largest absolute Gasteiger partial charge is 0.501 e. The van der Waals surface area contributed by atoms with Gasteiger partial charge < -0.3 is 9.84 Å². The zero-order valence-electron chi connectivity index (χ0n) is 5.42. The summed E-state index contributed by atoms with van der Waals surface area (Å²) >= 11 is 0. The molecule has 0 rings (SSSR count). The van der Waals surface area contributed by atoms with Gasteiger partial charge in [-0.3, -0.25) is 0 Å². The van der Waals surface area contributed by atoms with Gasteiger partial charge in [0, 0.05) is 13.0 Å². The van der Waals surface area contributed by atoms with Crippen molar-refractivity contribution in [1.82, 2.24) is 0 Å². The average molecular weight is 128 g/mol. The molecule has 52 valence electrons. The van der Waals surface area contributed by atoms with Crippen molar-refractivity contribution in [3.8, 4) is 0 Å². The molecule has 0 saturated carbocycles. The first-order valence-corrected chi connectivity index (χ1v) is 2.92. The summed E-state index contributed by atoms with van der Waals surface area (Å²) in [5, 5.41) is 8.30. The van der Waals surface area contributed by atoms with Crippen LogP contribution < -0.4 is 0 Å². The quantitative estimate of drug-likeness (QED) is 0.341. The van der Waals surface area contributed by atoms with Gasteiger partial charge in [-0.1, -0.05) is 12.7 Å². The molecule has 0 spiro atoms. The number of aliphatic hydroxyl groups excluding tert-OH is 1. The molecule has 0 amide bonds. The van der Waals surface area contributed by atoms with Crippen LogP contribution in [0.4, 0.5) is 0 Å². The zero-order chi connectivity index (χ0) is 6.95. The summed E-state index contributed by atoms with van der Waals surface area (Å²) < 4.78 is 4.90. The lowest BCUT2D eigenvalue weighted by atomic mass is 10.5. The molecule has 0 aliphatic heterocycles. The second kappa shape index (κ2) is 7.24. The lowest BCUT2D eigenvalue weighted by Gasteiger charge is -1.94. The van der Waals surface area contributed by atoms with E-state index in [1.165, 1.54) is 0 Å². The number of aliphatic hydroxyl groups is 1. The van der Waals surface area contributed by atoms with Crippen LogP contribution in [0.25, 0.3) is 0 Å². The normalized spacial score (nSPS) is 9.89. The number of hydrogen-bond acceptors (Lipinski definition) is 2. The van der Waals surface area contributed by atoms with Gasteiger partial charge in [0.2, 0.25) is 0 Å². The third kappa shape index (κ3) is 7.24. The SMILES string of the molecule is C=C/C=C/OCCCO. The van der Waals surface area contributed by atoms with E-state index in [-0.39, 0.29) is 6.61 Å². The van der Waals surface area contributed by atoms with Gasteiger partial charge in [0.1, 0.15) is 0 Å². The summed E-state index contributed by atoms with van der Waals surface area (Å²) in [6.45, 7) is 4.22. The Morgan fingerprint density at radius 3 is 2.89 bits per heavy atom. The number of rotatable bonds is 5. The first-order valence-electron chi connectivity index (χ1n) is 2.92. The minimum atomic E-state index is 0.182. The highest BCUT2D eigenvalue weighted by molar-refractivity contribution is 4.92. The Bertz CT molecular complexity index is 86.9. The van der Waals surface area contributed by atoms with Crippen LogP contribution in [0.3, 0.4) is 0 Å². The summed E-state index contributed by atoms with van der Waals surface area (Å²) in [4.78, 5) is 0. The molecule has 0 aromatic rings. The molecule has 0 aliphatic rings. The maximum Gasteiger partial charge on any atom is 0.0895 e. The highest BCUT2D eigenvalue weighted by Gasteiger charge is 1.78. The fourth-order valence-corrected chi connectivity index (χ4v) is 0.327. The van der Waals surface area contributed by atoms with Crippen LogP contribution in [0.5, 0.6) is 0 Å². The standard InChI is InChI=1S/C7H12O2/c1-2-3-6-9-7-4-5-8/h2-3,6,8H,1,4-5,7H2/b6-3+. The summed E-state index contributed by atoms with van der Waals surface area (Å²) in [6, 6.07) is 0. The molecule has 0 unspecified atom stereocenters. The Morgan fingerprint density at radius 1 is 1.56 bits per heavy atom. The van der Waals surface area contributed by atoms with Crippen LogP contribution >= 0.6 is 0 Å². The minimum Gasteiger partial charge on any atom is -0.501 e. The highest BCUT2D eigenvalue weighted by Crippen LogP contribution is 1.81. The van der Waals surface area contributed by atoms with Gasteiger partial charge in [-0.25, -0.2) is 0 Å². The van der Waals surface area contributed by atoms with Gasteiger partial charge in [-0.2, -0.15) is 0 Å². The van der Waals surface area contributed by atoms with Gasteiger partial charge in [-0.15, -0.1) is 0 Å². The van der Waals surface area contributed by atoms with Crippen molar-refractivity contribution >= 4 is 0 Å². The third-order valence-electron chi connectivity index (χ3n) is 0.731. The minimum absolute atomic E-state index is 0.182. The molecule has 0 aromatic heterocycles. The van der Waals surface area contributed by atoms with Crippen LogP contribution in [0, 0.1) is 0 Å². The van der Waals surface area contributed by atoms with Crippen molar-refractivity contribution in [2.24, 2.45) is 0 Å². The first-order chi connectivity index (χ1) is 4.41. The fourth-order valence-electron chi connectivity index (χ4n) is 0.327. The summed E-state index contributed by atoms with van der Waals surface area (Å²) in [5.41, 5.74) is 0. The Labute approximate surface area is 55.5 Å². The maximum atomic E-state index is 8.30. The van der Waals surface area contributed by atoms with Crippen molar-refractivity contribution in [3.05, 3.63) is 25.0 Å². The smallest absolute Gasteiger partial charge is 0.0895 e. The molecule has 0 saturated heterocycles. The summed E-state index contributed by atoms with van der Waals surface area (Å²) in [5.74, 6) is 0. The monoisotopic (exact) mass is 128 g/mol. The zero-order valence-corrected chi connectivity index (χ0v) is 5.42. The molecule has 0 aromatic carbocycles. The van der Waals surface area contributed by atoms with Crippen LogP contribution in [0.1, 0.15) is 6.42 Å². The topological polar surface area (TPSA) is 29.5 Å². The van der Waals surface area contributed by atoms with E-state index < -0.39 is 0 Å². The summed E-state index contributed by atoms with van der Waals surface area (Å²) in [7, 11) is 0. The second-order valence-corrected chi connectivity index (χ2v) is 1.51. The Morgan fingerprint density at radius 2 is 2.33 bits per heavy atom. The molecule has 1 N–H and O–H groups in total. The molecule has 0 fully saturated rings. The first kappa shape index (κ1) is 8.24. The highest BCUT2D eigenvalue weighted by atomic mass is 16.5. The van der Waals surface area contributed by atoms with Crippen molar-refractivity contribution in [2.45, 2.75) is 6.42 Å².